The first-order chi connectivity index (χ1) is 16.6. The number of hydrogen-bond donors (Lipinski definition) is 3. The van der Waals surface area contributed by atoms with E-state index in [1.807, 2.05) is 10.9 Å². The Labute approximate surface area is 206 Å². The van der Waals surface area contributed by atoms with Crippen molar-refractivity contribution >= 4 is 22.1 Å². The molecular weight excluding hydrogens is 505 g/mol. The van der Waals surface area contributed by atoms with E-state index >= 15 is 0 Å². The molecule has 9 nitrogen and oxygen atoms in total. The number of aliphatic hydroxyl groups is 1. The van der Waals surface area contributed by atoms with Gasteiger partial charge in [0.25, 0.3) is 10.1 Å². The Morgan fingerprint density at radius 1 is 1.03 bits per heavy atom. The molecule has 0 fully saturated rings. The second kappa shape index (κ2) is 11.7. The lowest BCUT2D eigenvalue weighted by molar-refractivity contribution is -0.124. The minimum Gasteiger partial charge on any atom is -0.443 e. The summed E-state index contributed by atoms with van der Waals surface area (Å²) < 4.78 is 75.6. The van der Waals surface area contributed by atoms with E-state index in [0.29, 0.717) is 12.1 Å². The van der Waals surface area contributed by atoms with Crippen LogP contribution < -0.4 is 10.9 Å². The van der Waals surface area contributed by atoms with Gasteiger partial charge in [0.15, 0.2) is 17.5 Å². The zero-order valence-electron chi connectivity index (χ0n) is 20.0. The number of rotatable bonds is 8. The number of hydrogen-bond acceptors (Lipinski definition) is 7. The molecule has 198 valence electrons. The number of hydrazine groups is 1. The number of carbonyl (C=O) groups is 2. The van der Waals surface area contributed by atoms with Crippen molar-refractivity contribution in [3.63, 3.8) is 0 Å². The minimum atomic E-state index is -4.25. The molecule has 2 unspecified atom stereocenters. The molecular formula is C23H27F3N2O7S. The van der Waals surface area contributed by atoms with Crippen LogP contribution in [-0.2, 0) is 23.8 Å². The van der Waals surface area contributed by atoms with Crippen LogP contribution in [0.15, 0.2) is 41.3 Å². The molecule has 0 aliphatic rings. The smallest absolute Gasteiger partial charge is 0.426 e. The molecule has 0 aliphatic heterocycles. The Hall–Kier alpha value is -3.16. The molecule has 13 heteroatoms. The molecule has 36 heavy (non-hydrogen) atoms. The van der Waals surface area contributed by atoms with E-state index in [1.54, 1.807) is 39.8 Å². The normalized spacial score (nSPS) is 13.6. The van der Waals surface area contributed by atoms with Crippen LogP contribution in [0.5, 0.6) is 0 Å². The number of carbonyl (C=O) groups excluding carboxylic acids is 2. The quantitative estimate of drug-likeness (QED) is 0.270. The van der Waals surface area contributed by atoms with E-state index in [0.717, 1.165) is 5.56 Å². The van der Waals surface area contributed by atoms with Gasteiger partial charge in [-0.2, -0.15) is 8.42 Å². The molecule has 2 rings (SSSR count). The fourth-order valence-electron chi connectivity index (χ4n) is 2.96. The predicted molar refractivity (Wildman–Crippen MR) is 122 cm³/mol. The summed E-state index contributed by atoms with van der Waals surface area (Å²) in [5, 5.41) is 10.4. The average Bonchev–Trinajstić information content (AvgIpc) is 2.77. The van der Waals surface area contributed by atoms with Crippen LogP contribution in [0.25, 0.3) is 0 Å². The number of ether oxygens (including phenoxy) is 1. The third-order valence-electron chi connectivity index (χ3n) is 4.64. The number of aryl methyl sites for hydroxylation is 1. The van der Waals surface area contributed by atoms with Crippen molar-refractivity contribution < 1.29 is 45.2 Å². The van der Waals surface area contributed by atoms with Gasteiger partial charge in [-0.1, -0.05) is 17.7 Å². The average molecular weight is 533 g/mol. The summed E-state index contributed by atoms with van der Waals surface area (Å²) in [7, 11) is -4.25. The van der Waals surface area contributed by atoms with Crippen LogP contribution in [0.3, 0.4) is 0 Å². The highest BCUT2D eigenvalue weighted by molar-refractivity contribution is 7.86. The molecule has 0 saturated heterocycles. The van der Waals surface area contributed by atoms with Crippen LogP contribution >= 0.6 is 0 Å². The molecule has 2 aromatic rings. The van der Waals surface area contributed by atoms with Crippen molar-refractivity contribution in [2.24, 2.45) is 0 Å². The maximum Gasteiger partial charge on any atom is 0.426 e. The summed E-state index contributed by atoms with van der Waals surface area (Å²) in [5.41, 5.74) is 3.48. The van der Waals surface area contributed by atoms with Gasteiger partial charge in [-0.3, -0.25) is 14.4 Å². The van der Waals surface area contributed by atoms with Gasteiger partial charge in [0.05, 0.1) is 23.5 Å². The largest absolute Gasteiger partial charge is 0.443 e. The fourth-order valence-corrected chi connectivity index (χ4v) is 3.90. The van der Waals surface area contributed by atoms with Gasteiger partial charge in [0.2, 0.25) is 5.91 Å². The first kappa shape index (κ1) is 29.1. The standard InChI is InChI=1S/C23H27F3N2O7S/c1-13-5-7-16(8-6-13)36(32,33)34-12-15(29)11-17(14-9-18(24)20(26)19(25)10-14)21(30)27-28-22(31)35-23(2,3)4/h5-10,15,17,29H,11-12H2,1-4H3,(H,27,30)(H,28,31). The molecule has 0 saturated carbocycles. The molecule has 3 N–H and O–H groups in total. The zero-order valence-corrected chi connectivity index (χ0v) is 20.8. The molecule has 0 aromatic heterocycles. The van der Waals surface area contributed by atoms with Crippen LogP contribution in [0.2, 0.25) is 0 Å². The van der Waals surface area contributed by atoms with Crippen molar-refractivity contribution in [3.05, 3.63) is 65.0 Å². The molecule has 0 bridgehead atoms. The third-order valence-corrected chi connectivity index (χ3v) is 5.94. The van der Waals surface area contributed by atoms with E-state index < -0.39 is 70.2 Å². The van der Waals surface area contributed by atoms with Crippen molar-refractivity contribution in [1.82, 2.24) is 10.9 Å². The number of aliphatic hydroxyl groups excluding tert-OH is 1. The Balaban J connectivity index is 2.17. The Morgan fingerprint density at radius 2 is 1.58 bits per heavy atom. The summed E-state index contributed by atoms with van der Waals surface area (Å²) in [6.07, 6.45) is -3.27. The summed E-state index contributed by atoms with van der Waals surface area (Å²) in [5.74, 6) is -7.54. The summed E-state index contributed by atoms with van der Waals surface area (Å²) >= 11 is 0. The van der Waals surface area contributed by atoms with E-state index in [-0.39, 0.29) is 10.5 Å². The van der Waals surface area contributed by atoms with Gasteiger partial charge < -0.3 is 9.84 Å². The summed E-state index contributed by atoms with van der Waals surface area (Å²) in [6, 6.07) is 6.80. The van der Waals surface area contributed by atoms with Gasteiger partial charge in [-0.05, 0) is 63.9 Å². The lowest BCUT2D eigenvalue weighted by Crippen LogP contribution is -2.46. The highest BCUT2D eigenvalue weighted by Gasteiger charge is 2.29. The highest BCUT2D eigenvalue weighted by Crippen LogP contribution is 2.26. The third kappa shape index (κ3) is 8.50. The van der Waals surface area contributed by atoms with Crippen molar-refractivity contribution in [3.8, 4) is 0 Å². The molecule has 2 amide bonds. The van der Waals surface area contributed by atoms with E-state index in [4.69, 9.17) is 8.92 Å². The van der Waals surface area contributed by atoms with Gasteiger partial charge in [0.1, 0.15) is 5.60 Å². The SMILES string of the molecule is Cc1ccc(S(=O)(=O)OCC(O)CC(C(=O)NNC(=O)OC(C)(C)C)c2cc(F)c(F)c(F)c2)cc1. The Kier molecular flexibility index (Phi) is 9.46. The maximum atomic E-state index is 13.8. The number of nitrogens with one attached hydrogen (secondary N) is 2. The molecule has 0 aliphatic carbocycles. The topological polar surface area (TPSA) is 131 Å². The highest BCUT2D eigenvalue weighted by atomic mass is 32.2. The van der Waals surface area contributed by atoms with E-state index in [2.05, 4.69) is 0 Å². The second-order valence-electron chi connectivity index (χ2n) is 8.91. The summed E-state index contributed by atoms with van der Waals surface area (Å²) in [6.45, 7) is 5.67. The first-order valence-corrected chi connectivity index (χ1v) is 12.1. The lowest BCUT2D eigenvalue weighted by Gasteiger charge is -2.22. The van der Waals surface area contributed by atoms with Crippen molar-refractivity contribution in [2.75, 3.05) is 6.61 Å². The molecule has 2 aromatic carbocycles. The Morgan fingerprint density at radius 3 is 2.11 bits per heavy atom. The zero-order chi connectivity index (χ0) is 27.3. The van der Waals surface area contributed by atoms with Crippen LogP contribution in [0.1, 0.15) is 44.2 Å². The maximum absolute atomic E-state index is 13.8. The van der Waals surface area contributed by atoms with Crippen LogP contribution in [0, 0.1) is 24.4 Å². The first-order valence-electron chi connectivity index (χ1n) is 10.7. The molecule has 0 spiro atoms. The second-order valence-corrected chi connectivity index (χ2v) is 10.5. The lowest BCUT2D eigenvalue weighted by atomic mass is 9.92. The van der Waals surface area contributed by atoms with Gasteiger partial charge in [-0.15, -0.1) is 0 Å². The van der Waals surface area contributed by atoms with Gasteiger partial charge in [0, 0.05) is 0 Å². The number of halogens is 3. The van der Waals surface area contributed by atoms with Crippen molar-refractivity contribution in [2.45, 2.75) is 56.6 Å². The minimum absolute atomic E-state index is 0.168. The molecule has 0 heterocycles. The van der Waals surface area contributed by atoms with E-state index in [9.17, 15) is 36.3 Å². The predicted octanol–water partition coefficient (Wildman–Crippen LogP) is 3.21. The van der Waals surface area contributed by atoms with Gasteiger partial charge >= 0.3 is 6.09 Å². The number of amides is 2. The van der Waals surface area contributed by atoms with Crippen LogP contribution in [-0.4, -0.2) is 43.8 Å². The molecule has 0 radical (unpaired) electrons. The summed E-state index contributed by atoms with van der Waals surface area (Å²) in [4.78, 5) is 24.4. The van der Waals surface area contributed by atoms with Crippen LogP contribution in [0.4, 0.5) is 18.0 Å². The monoisotopic (exact) mass is 532 g/mol. The van der Waals surface area contributed by atoms with Crippen molar-refractivity contribution in [1.29, 1.82) is 0 Å². The molecule has 2 atom stereocenters. The fraction of sp³-hybridized carbons (Fsp3) is 0.391. The van der Waals surface area contributed by atoms with E-state index in [1.165, 1.54) is 12.1 Å². The van der Waals surface area contributed by atoms with Gasteiger partial charge in [-0.25, -0.2) is 23.4 Å². The Bertz CT molecular complexity index is 1180. The number of benzene rings is 2.